The van der Waals surface area contributed by atoms with Gasteiger partial charge in [0.25, 0.3) is 0 Å². The van der Waals surface area contributed by atoms with Crippen molar-refractivity contribution in [1.82, 2.24) is 0 Å². The fourth-order valence-corrected chi connectivity index (χ4v) is 2.52. The van der Waals surface area contributed by atoms with Crippen LogP contribution in [0, 0.1) is 11.6 Å². The molecule has 94 valence electrons. The van der Waals surface area contributed by atoms with Gasteiger partial charge in [-0.3, -0.25) is 0 Å². The number of nitrogens with zero attached hydrogens (tertiary/aromatic N) is 1. The topological polar surface area (TPSA) is 29.3 Å². The first kappa shape index (κ1) is 12.3. The number of hydrogen-bond donors (Lipinski definition) is 1. The van der Waals surface area contributed by atoms with Gasteiger partial charge >= 0.3 is 0 Å². The summed E-state index contributed by atoms with van der Waals surface area (Å²) in [7, 11) is 3.44. The minimum absolute atomic E-state index is 0.169. The summed E-state index contributed by atoms with van der Waals surface area (Å²) in [4.78, 5) is 1.62. The maximum Gasteiger partial charge on any atom is 0.146 e. The molecular weight excluding hydrogens is 222 g/mol. The Balaban J connectivity index is 2.64. The molecular formula is C13H18F2N2. The maximum atomic E-state index is 14.0. The zero-order valence-corrected chi connectivity index (χ0v) is 10.4. The molecule has 0 heterocycles. The molecule has 0 amide bonds. The maximum absolute atomic E-state index is 14.0. The van der Waals surface area contributed by atoms with E-state index < -0.39 is 5.82 Å². The molecule has 1 aliphatic rings. The van der Waals surface area contributed by atoms with Crippen LogP contribution in [0.5, 0.6) is 0 Å². The fraction of sp³-hybridized carbons (Fsp3) is 0.538. The molecule has 1 unspecified atom stereocenters. The molecule has 17 heavy (non-hydrogen) atoms. The van der Waals surface area contributed by atoms with E-state index in [1.807, 2.05) is 6.92 Å². The Kier molecular flexibility index (Phi) is 2.86. The zero-order chi connectivity index (χ0) is 12.8. The highest BCUT2D eigenvalue weighted by Gasteiger charge is 2.51. The lowest BCUT2D eigenvalue weighted by Crippen LogP contribution is -2.34. The van der Waals surface area contributed by atoms with Crippen molar-refractivity contribution in [2.75, 3.05) is 19.0 Å². The number of hydrogen-bond acceptors (Lipinski definition) is 2. The number of rotatable bonds is 3. The smallest absolute Gasteiger partial charge is 0.146 e. The van der Waals surface area contributed by atoms with Crippen molar-refractivity contribution < 1.29 is 8.78 Å². The molecule has 2 N–H and O–H groups in total. The SMILES string of the molecule is CC(N)C1(c2c(F)ccc(F)c2N(C)C)CC1. The summed E-state index contributed by atoms with van der Waals surface area (Å²) in [5, 5.41) is 0. The van der Waals surface area contributed by atoms with E-state index in [1.165, 1.54) is 12.1 Å². The van der Waals surface area contributed by atoms with E-state index in [0.717, 1.165) is 12.8 Å². The molecule has 1 saturated carbocycles. The number of halogens is 2. The lowest BCUT2D eigenvalue weighted by atomic mass is 9.87. The predicted octanol–water partition coefficient (Wildman–Crippen LogP) is 2.41. The van der Waals surface area contributed by atoms with Crippen molar-refractivity contribution >= 4 is 5.69 Å². The third-order valence-corrected chi connectivity index (χ3v) is 3.68. The fourth-order valence-electron chi connectivity index (χ4n) is 2.52. The summed E-state index contributed by atoms with van der Waals surface area (Å²) >= 11 is 0. The van der Waals surface area contributed by atoms with Crippen LogP contribution in [0.3, 0.4) is 0 Å². The van der Waals surface area contributed by atoms with Crippen molar-refractivity contribution in [2.45, 2.75) is 31.2 Å². The average Bonchev–Trinajstić information content (AvgIpc) is 3.01. The second kappa shape index (κ2) is 3.95. The summed E-state index contributed by atoms with van der Waals surface area (Å²) in [6.45, 7) is 1.86. The molecule has 0 bridgehead atoms. The van der Waals surface area contributed by atoms with Gasteiger partial charge in [0, 0.05) is 31.1 Å². The molecule has 0 saturated heterocycles. The Hall–Kier alpha value is -1.16. The van der Waals surface area contributed by atoms with Gasteiger partial charge in [-0.2, -0.15) is 0 Å². The quantitative estimate of drug-likeness (QED) is 0.879. The second-order valence-corrected chi connectivity index (χ2v) is 5.09. The number of nitrogens with two attached hydrogens (primary N) is 1. The monoisotopic (exact) mass is 240 g/mol. The van der Waals surface area contributed by atoms with Crippen LogP contribution in [0.2, 0.25) is 0 Å². The van der Waals surface area contributed by atoms with E-state index in [1.54, 1.807) is 19.0 Å². The van der Waals surface area contributed by atoms with Crippen LogP contribution in [-0.2, 0) is 5.41 Å². The summed E-state index contributed by atoms with van der Waals surface area (Å²) in [5.74, 6) is -0.747. The molecule has 1 fully saturated rings. The molecule has 1 atom stereocenters. The van der Waals surface area contributed by atoms with Crippen molar-refractivity contribution in [3.63, 3.8) is 0 Å². The standard InChI is InChI=1S/C13H18F2N2/c1-8(16)13(6-7-13)11-9(14)4-5-10(15)12(11)17(2)3/h4-5,8H,6-7,16H2,1-3H3. The van der Waals surface area contributed by atoms with Gasteiger partial charge in [0.1, 0.15) is 11.6 Å². The van der Waals surface area contributed by atoms with E-state index in [0.29, 0.717) is 11.3 Å². The zero-order valence-electron chi connectivity index (χ0n) is 10.4. The molecule has 2 rings (SSSR count). The average molecular weight is 240 g/mol. The highest BCUT2D eigenvalue weighted by molar-refractivity contribution is 5.60. The van der Waals surface area contributed by atoms with Gasteiger partial charge in [0.15, 0.2) is 0 Å². The molecule has 2 nitrogen and oxygen atoms in total. The molecule has 0 radical (unpaired) electrons. The van der Waals surface area contributed by atoms with E-state index in [-0.39, 0.29) is 17.3 Å². The van der Waals surface area contributed by atoms with Gasteiger partial charge < -0.3 is 10.6 Å². The predicted molar refractivity (Wildman–Crippen MR) is 65.2 cm³/mol. The lowest BCUT2D eigenvalue weighted by Gasteiger charge is -2.27. The van der Waals surface area contributed by atoms with E-state index in [4.69, 9.17) is 5.73 Å². The largest absolute Gasteiger partial charge is 0.375 e. The highest BCUT2D eigenvalue weighted by atomic mass is 19.1. The van der Waals surface area contributed by atoms with Crippen molar-refractivity contribution in [3.05, 3.63) is 29.3 Å². The van der Waals surface area contributed by atoms with Crippen LogP contribution in [-0.4, -0.2) is 20.1 Å². The van der Waals surface area contributed by atoms with Gasteiger partial charge in [-0.05, 0) is 31.9 Å². The molecule has 0 aromatic heterocycles. The highest BCUT2D eigenvalue weighted by Crippen LogP contribution is 2.54. The van der Waals surface area contributed by atoms with Gasteiger partial charge in [-0.15, -0.1) is 0 Å². The minimum atomic E-state index is -0.390. The van der Waals surface area contributed by atoms with Crippen LogP contribution in [0.25, 0.3) is 0 Å². The summed E-state index contributed by atoms with van der Waals surface area (Å²) in [6.07, 6.45) is 1.65. The molecule has 4 heteroatoms. The van der Waals surface area contributed by atoms with Gasteiger partial charge in [0.2, 0.25) is 0 Å². The summed E-state index contributed by atoms with van der Waals surface area (Å²) < 4.78 is 27.9. The van der Waals surface area contributed by atoms with E-state index in [9.17, 15) is 8.78 Å². The normalized spacial score (nSPS) is 18.9. The first-order chi connectivity index (χ1) is 7.90. The van der Waals surface area contributed by atoms with Crippen molar-refractivity contribution in [3.8, 4) is 0 Å². The molecule has 0 spiro atoms. The first-order valence-electron chi connectivity index (χ1n) is 5.81. The molecule has 1 aliphatic carbocycles. The van der Waals surface area contributed by atoms with Crippen LogP contribution in [0.4, 0.5) is 14.5 Å². The Morgan fingerprint density at radius 3 is 2.18 bits per heavy atom. The molecule has 1 aromatic carbocycles. The van der Waals surface area contributed by atoms with Crippen LogP contribution >= 0.6 is 0 Å². The van der Waals surface area contributed by atoms with Crippen LogP contribution in [0.15, 0.2) is 12.1 Å². The van der Waals surface area contributed by atoms with E-state index in [2.05, 4.69) is 0 Å². The van der Waals surface area contributed by atoms with Gasteiger partial charge in [-0.1, -0.05) is 0 Å². The Bertz CT molecular complexity index is 437. The summed E-state index contributed by atoms with van der Waals surface area (Å²) in [5.41, 5.74) is 6.34. The lowest BCUT2D eigenvalue weighted by molar-refractivity contribution is 0.504. The summed E-state index contributed by atoms with van der Waals surface area (Å²) in [6, 6.07) is 2.20. The Labute approximate surface area is 100 Å². The van der Waals surface area contributed by atoms with Crippen molar-refractivity contribution in [1.29, 1.82) is 0 Å². The van der Waals surface area contributed by atoms with E-state index >= 15 is 0 Å². The molecule has 1 aromatic rings. The van der Waals surface area contributed by atoms with Crippen LogP contribution in [0.1, 0.15) is 25.3 Å². The van der Waals surface area contributed by atoms with Gasteiger partial charge in [-0.25, -0.2) is 8.78 Å². The Morgan fingerprint density at radius 2 is 1.76 bits per heavy atom. The minimum Gasteiger partial charge on any atom is -0.375 e. The molecule has 0 aliphatic heterocycles. The third kappa shape index (κ3) is 1.80. The second-order valence-electron chi connectivity index (χ2n) is 5.09. The third-order valence-electron chi connectivity index (χ3n) is 3.68. The van der Waals surface area contributed by atoms with Crippen LogP contribution < -0.4 is 10.6 Å². The Morgan fingerprint density at radius 1 is 1.24 bits per heavy atom. The van der Waals surface area contributed by atoms with Crippen molar-refractivity contribution in [2.24, 2.45) is 5.73 Å². The number of benzene rings is 1. The first-order valence-corrected chi connectivity index (χ1v) is 5.81. The number of anilines is 1. The van der Waals surface area contributed by atoms with Gasteiger partial charge in [0.05, 0.1) is 5.69 Å².